The number of aldehydes is 1. The molecule has 0 radical (unpaired) electrons. The molecule has 5 N–H and O–H groups in total. The van der Waals surface area contributed by atoms with E-state index in [9.17, 15) is 27.9 Å². The first-order chi connectivity index (χ1) is 33.9. The van der Waals surface area contributed by atoms with E-state index < -0.39 is 39.7 Å². The van der Waals surface area contributed by atoms with Crippen LogP contribution in [0, 0.1) is 31.1 Å². The molecule has 6 rings (SSSR count). The number of anilines is 1. The predicted molar refractivity (Wildman–Crippen MR) is 288 cm³/mol. The molecule has 0 aromatic heterocycles. The number of aryl methyl sites for hydroxylation is 2. The van der Waals surface area contributed by atoms with Gasteiger partial charge in [0.05, 0.1) is 37.7 Å². The van der Waals surface area contributed by atoms with Crippen molar-refractivity contribution in [3.8, 4) is 0 Å². The second kappa shape index (κ2) is 28.2. The van der Waals surface area contributed by atoms with Crippen LogP contribution >= 0.6 is 11.6 Å². The van der Waals surface area contributed by atoms with E-state index in [1.54, 1.807) is 35.9 Å². The number of nitrogens with one attached hydrogen (secondary N) is 1. The van der Waals surface area contributed by atoms with Gasteiger partial charge in [-0.05, 0) is 145 Å². The number of piperidine rings is 3. The number of amides is 3. The van der Waals surface area contributed by atoms with Crippen molar-refractivity contribution in [2.24, 2.45) is 28.3 Å². The van der Waals surface area contributed by atoms with Crippen molar-refractivity contribution in [1.82, 2.24) is 19.8 Å². The SMILES string of the molecule is C=N\C=C(Cl)/C(N)=C(\C=C/C=C\C=N)S(=O)C(C)C.CN.Cc1cc(C)c(C2CCN(C3CCN(CC4CN(c5cccc(C=O)c5C(=O)N(C)C5CCC(=O)N(F)C5=O)C4)CC3)CC2)cc1CC(C)C. The van der Waals surface area contributed by atoms with Crippen LogP contribution in [0.1, 0.15) is 115 Å². The van der Waals surface area contributed by atoms with Crippen molar-refractivity contribution in [1.29, 1.82) is 5.41 Å². The van der Waals surface area contributed by atoms with E-state index in [1.807, 2.05) is 19.9 Å². The number of benzene rings is 2. The highest BCUT2D eigenvalue weighted by Gasteiger charge is 2.41. The van der Waals surface area contributed by atoms with Gasteiger partial charge in [-0.2, -0.15) is 0 Å². The van der Waals surface area contributed by atoms with Crippen LogP contribution in [0.15, 0.2) is 81.5 Å². The molecule has 17 heteroatoms. The zero-order chi connectivity index (χ0) is 52.5. The molecule has 4 aliphatic heterocycles. The molecule has 3 amide bonds. The fraction of sp³-hybridized carbons (Fsp3) is 0.519. The van der Waals surface area contributed by atoms with Gasteiger partial charge in [0.2, 0.25) is 0 Å². The molecular formula is C54H77ClFN9O5S. The fourth-order valence-electron chi connectivity index (χ4n) is 9.92. The number of carbonyl (C=O) groups excluding carboxylic acids is 4. The summed E-state index contributed by atoms with van der Waals surface area (Å²) in [5, 5.41) is 6.56. The summed E-state index contributed by atoms with van der Waals surface area (Å²) in [6, 6.07) is 9.65. The first kappa shape index (κ1) is 58.4. The third-order valence-electron chi connectivity index (χ3n) is 13.7. The maximum Gasteiger partial charge on any atom is 0.280 e. The number of imide groups is 1. The Kier molecular flexibility index (Phi) is 23.2. The number of allylic oxidation sites excluding steroid dienone is 5. The summed E-state index contributed by atoms with van der Waals surface area (Å²) in [7, 11) is 1.65. The predicted octanol–water partition coefficient (Wildman–Crippen LogP) is 8.00. The molecule has 2 aromatic carbocycles. The summed E-state index contributed by atoms with van der Waals surface area (Å²) in [6.45, 7) is 23.2. The van der Waals surface area contributed by atoms with E-state index >= 15 is 0 Å². The molecule has 4 saturated heterocycles. The van der Waals surface area contributed by atoms with Gasteiger partial charge in [-0.25, -0.2) is 0 Å². The Morgan fingerprint density at radius 2 is 1.66 bits per heavy atom. The highest BCUT2D eigenvalue weighted by molar-refractivity contribution is 7.89. The summed E-state index contributed by atoms with van der Waals surface area (Å²) in [4.78, 5) is 62.4. The number of nitrogens with zero attached hydrogens (tertiary/aromatic N) is 6. The second-order valence-corrected chi connectivity index (χ2v) is 21.8. The Morgan fingerprint density at radius 3 is 2.25 bits per heavy atom. The first-order valence-electron chi connectivity index (χ1n) is 24.7. The third kappa shape index (κ3) is 15.4. The molecule has 0 saturated carbocycles. The van der Waals surface area contributed by atoms with E-state index in [1.165, 1.54) is 86.7 Å². The number of carbonyl (C=O) groups is 4. The minimum Gasteiger partial charge on any atom is -0.396 e. The summed E-state index contributed by atoms with van der Waals surface area (Å²) in [6.07, 6.45) is 15.4. The maximum absolute atomic E-state index is 14.1. The molecule has 4 aliphatic rings. The van der Waals surface area contributed by atoms with E-state index in [2.05, 4.69) is 72.0 Å². The molecular weight excluding hydrogens is 941 g/mol. The number of halogens is 2. The number of likely N-dealkylation sites (N-methyl/N-ethyl adjacent to an activating group) is 1. The van der Waals surface area contributed by atoms with E-state index in [4.69, 9.17) is 22.7 Å². The maximum atomic E-state index is 14.1. The van der Waals surface area contributed by atoms with Crippen LogP contribution in [-0.4, -0.2) is 138 Å². The number of nitrogens with two attached hydrogens (primary N) is 2. The highest BCUT2D eigenvalue weighted by Crippen LogP contribution is 2.36. The Bertz CT molecular complexity index is 2350. The minimum atomic E-state index is -1.28. The normalized spacial score (nSPS) is 19.8. The largest absolute Gasteiger partial charge is 0.396 e. The molecule has 388 valence electrons. The van der Waals surface area contributed by atoms with Crippen molar-refractivity contribution >= 4 is 65.0 Å². The monoisotopic (exact) mass is 1020 g/mol. The summed E-state index contributed by atoms with van der Waals surface area (Å²) < 4.78 is 26.3. The Hall–Kier alpha value is -5.13. The molecule has 2 unspecified atom stereocenters. The van der Waals surface area contributed by atoms with E-state index in [0.29, 0.717) is 40.7 Å². The molecule has 14 nitrogen and oxygen atoms in total. The quantitative estimate of drug-likeness (QED) is 0.0461. The fourth-order valence-corrected chi connectivity index (χ4v) is 11.2. The van der Waals surface area contributed by atoms with E-state index in [-0.39, 0.29) is 39.9 Å². The van der Waals surface area contributed by atoms with Crippen molar-refractivity contribution in [2.75, 3.05) is 64.8 Å². The molecule has 0 spiro atoms. The number of rotatable bonds is 17. The smallest absolute Gasteiger partial charge is 0.280 e. The molecule has 0 aliphatic carbocycles. The Morgan fingerprint density at radius 1 is 1.00 bits per heavy atom. The van der Waals surface area contributed by atoms with Crippen LogP contribution < -0.4 is 16.4 Å². The van der Waals surface area contributed by atoms with Gasteiger partial charge in [0, 0.05) is 68.3 Å². The van der Waals surface area contributed by atoms with Gasteiger partial charge in [-0.3, -0.25) is 28.4 Å². The Balaban J connectivity index is 0.000000441. The average molecular weight is 1020 g/mol. The van der Waals surface area contributed by atoms with Gasteiger partial charge in [0.15, 0.2) is 6.29 Å². The van der Waals surface area contributed by atoms with Crippen LogP contribution in [0.5, 0.6) is 0 Å². The first-order valence-corrected chi connectivity index (χ1v) is 26.3. The van der Waals surface area contributed by atoms with E-state index in [0.717, 1.165) is 45.4 Å². The van der Waals surface area contributed by atoms with Crippen molar-refractivity contribution in [2.45, 2.75) is 110 Å². The molecule has 4 heterocycles. The zero-order valence-electron chi connectivity index (χ0n) is 43.0. The van der Waals surface area contributed by atoms with Crippen LogP contribution in [0.2, 0.25) is 0 Å². The van der Waals surface area contributed by atoms with Gasteiger partial charge >= 0.3 is 0 Å². The number of aliphatic imine (C=N–C) groups is 1. The lowest BCUT2D eigenvalue weighted by molar-refractivity contribution is -0.169. The molecule has 2 aromatic rings. The van der Waals surface area contributed by atoms with Crippen molar-refractivity contribution in [3.05, 3.63) is 110 Å². The lowest BCUT2D eigenvalue weighted by Gasteiger charge is -2.46. The van der Waals surface area contributed by atoms with Gasteiger partial charge < -0.3 is 36.5 Å². The van der Waals surface area contributed by atoms with Crippen LogP contribution in [0.4, 0.5) is 10.2 Å². The van der Waals surface area contributed by atoms with Crippen LogP contribution in [0.25, 0.3) is 0 Å². The minimum absolute atomic E-state index is 0.0477. The zero-order valence-corrected chi connectivity index (χ0v) is 44.6. The topological polar surface area (TPSA) is 190 Å². The standard InChI is InChI=1S/C40H54FN5O4.C13H18ClN3OS.CH5N/c1-26(2)19-32-21-34(28(4)20-27(32)3)30-11-17-44(18-12-30)33-13-15-43(16-14-33)22-29-23-45(24-29)35-8-6-7-31(25-47)38(35)40(50)42(5)36-9-10-37(48)46(41)39(36)49;1-10(2)19(18)12(7-5-4-6-8-15)13(16)11(14)9-17-3;1-2/h6-8,20-21,25-26,29-30,33,36H,9-19,22-24H2,1-5H3;4-10,15H,3,16H2,1-2H3;2H2,1H3/b;6-4-,7-5-,11-9+,13-12-,15-8?;. The molecule has 4 fully saturated rings. The number of hydrogen-bond acceptors (Lipinski definition) is 12. The lowest BCUT2D eigenvalue weighted by atomic mass is 9.83. The van der Waals surface area contributed by atoms with Crippen LogP contribution in [-0.2, 0) is 26.8 Å². The number of hydrogen-bond donors (Lipinski definition) is 3. The molecule has 71 heavy (non-hydrogen) atoms. The highest BCUT2D eigenvalue weighted by atomic mass is 35.5. The van der Waals surface area contributed by atoms with Crippen molar-refractivity contribution in [3.63, 3.8) is 0 Å². The van der Waals surface area contributed by atoms with Crippen molar-refractivity contribution < 1.29 is 27.9 Å². The molecule has 2 atom stereocenters. The van der Waals surface area contributed by atoms with Gasteiger partial charge in [0.1, 0.15) is 6.04 Å². The summed E-state index contributed by atoms with van der Waals surface area (Å²) in [5.74, 6) is -0.702. The Labute approximate surface area is 429 Å². The van der Waals surface area contributed by atoms with Gasteiger partial charge in [-0.15, -0.1) is 5.12 Å². The molecule has 0 bridgehead atoms. The summed E-state index contributed by atoms with van der Waals surface area (Å²) >= 11 is 5.94. The van der Waals surface area contributed by atoms with Gasteiger partial charge in [-0.1, -0.05) is 80.2 Å². The third-order valence-corrected chi connectivity index (χ3v) is 15.6. The summed E-state index contributed by atoms with van der Waals surface area (Å²) in [5.41, 5.74) is 17.7. The lowest BCUT2D eigenvalue weighted by Crippen LogP contribution is -2.55. The second-order valence-electron chi connectivity index (χ2n) is 19.4. The van der Waals surface area contributed by atoms with Crippen LogP contribution in [0.3, 0.4) is 0 Å². The average Bonchev–Trinajstić information content (AvgIpc) is 3.35. The number of likely N-dealkylation sites (tertiary alicyclic amines) is 2. The van der Waals surface area contributed by atoms with Gasteiger partial charge in [0.25, 0.3) is 17.7 Å².